The molecule has 1 aromatic rings. The Labute approximate surface area is 107 Å². The Kier molecular flexibility index (Phi) is 4.32. The van der Waals surface area contributed by atoms with Crippen LogP contribution in [0.15, 0.2) is 18.2 Å². The first kappa shape index (κ1) is 14.6. The highest BCUT2D eigenvalue weighted by atomic mass is 127. The Morgan fingerprint density at radius 1 is 0.765 bits per heavy atom. The van der Waals surface area contributed by atoms with Gasteiger partial charge in [0, 0.05) is 3.57 Å². The lowest BCUT2D eigenvalue weighted by atomic mass is 10.1. The van der Waals surface area contributed by atoms with Crippen LogP contribution in [0.2, 0.25) is 0 Å². The third-order valence-corrected chi connectivity index (χ3v) is 2.45. The van der Waals surface area contributed by atoms with Gasteiger partial charge < -0.3 is 0 Å². The highest BCUT2D eigenvalue weighted by Gasteiger charge is 2.30. The lowest BCUT2D eigenvalue weighted by Gasteiger charge is -2.11. The summed E-state index contributed by atoms with van der Waals surface area (Å²) < 4.78 is 73.1. The lowest BCUT2D eigenvalue weighted by Crippen LogP contribution is -2.14. The lowest BCUT2D eigenvalue weighted by molar-refractivity contribution is -0.127. The van der Waals surface area contributed by atoms with Crippen molar-refractivity contribution in [3.63, 3.8) is 0 Å². The van der Waals surface area contributed by atoms with Gasteiger partial charge in [-0.2, -0.15) is 26.3 Å². The average Bonchev–Trinajstić information content (AvgIpc) is 1.93. The highest BCUT2D eigenvalue weighted by molar-refractivity contribution is 14.1. The second-order valence-electron chi connectivity index (χ2n) is 3.55. The summed E-state index contributed by atoms with van der Waals surface area (Å²) in [5.74, 6) is 0. The van der Waals surface area contributed by atoms with Gasteiger partial charge in [0.25, 0.3) is 0 Å². The molecule has 7 heteroatoms. The molecule has 0 heterocycles. The summed E-state index contributed by atoms with van der Waals surface area (Å²) in [6.45, 7) is 0. The van der Waals surface area contributed by atoms with Crippen LogP contribution in [0.5, 0.6) is 0 Å². The van der Waals surface area contributed by atoms with Gasteiger partial charge in [-0.1, -0.05) is 6.07 Å². The molecule has 0 aliphatic rings. The second kappa shape index (κ2) is 5.03. The zero-order valence-corrected chi connectivity index (χ0v) is 10.4. The first-order chi connectivity index (χ1) is 7.55. The quantitative estimate of drug-likeness (QED) is 0.533. The SMILES string of the molecule is FC(F)(F)Cc1cc(I)cc(CC(F)(F)F)c1. The van der Waals surface area contributed by atoms with Crippen LogP contribution in [0, 0.1) is 3.57 Å². The van der Waals surface area contributed by atoms with E-state index < -0.39 is 25.2 Å². The molecule has 0 nitrogen and oxygen atoms in total. The van der Waals surface area contributed by atoms with Crippen molar-refractivity contribution in [3.05, 3.63) is 32.9 Å². The van der Waals surface area contributed by atoms with Gasteiger partial charge in [0.2, 0.25) is 0 Å². The van der Waals surface area contributed by atoms with Gasteiger partial charge in [-0.15, -0.1) is 0 Å². The molecule has 0 aromatic heterocycles. The largest absolute Gasteiger partial charge is 0.393 e. The van der Waals surface area contributed by atoms with E-state index >= 15 is 0 Å². The van der Waals surface area contributed by atoms with E-state index in [-0.39, 0.29) is 11.1 Å². The molecule has 1 rings (SSSR count). The van der Waals surface area contributed by atoms with Crippen LogP contribution in [-0.2, 0) is 12.8 Å². The molecule has 0 amide bonds. The van der Waals surface area contributed by atoms with Crippen LogP contribution in [0.25, 0.3) is 0 Å². The van der Waals surface area contributed by atoms with E-state index in [0.717, 1.165) is 6.07 Å². The van der Waals surface area contributed by atoms with E-state index in [4.69, 9.17) is 0 Å². The molecule has 0 radical (unpaired) electrons. The number of alkyl halides is 6. The van der Waals surface area contributed by atoms with Crippen LogP contribution in [0.1, 0.15) is 11.1 Å². The maximum atomic E-state index is 12.1. The molecule has 0 unspecified atom stereocenters. The third-order valence-electron chi connectivity index (χ3n) is 1.83. The van der Waals surface area contributed by atoms with Crippen molar-refractivity contribution in [1.82, 2.24) is 0 Å². The average molecular weight is 368 g/mol. The van der Waals surface area contributed by atoms with Crippen LogP contribution >= 0.6 is 22.6 Å². The molecule has 96 valence electrons. The number of hydrogen-bond acceptors (Lipinski definition) is 0. The molecule has 0 spiro atoms. The second-order valence-corrected chi connectivity index (χ2v) is 4.80. The van der Waals surface area contributed by atoms with Crippen molar-refractivity contribution in [2.24, 2.45) is 0 Å². The number of hydrogen-bond donors (Lipinski definition) is 0. The van der Waals surface area contributed by atoms with Gasteiger partial charge in [0.05, 0.1) is 12.8 Å². The third kappa shape index (κ3) is 6.13. The van der Waals surface area contributed by atoms with Crippen molar-refractivity contribution in [2.75, 3.05) is 0 Å². The summed E-state index contributed by atoms with van der Waals surface area (Å²) in [7, 11) is 0. The van der Waals surface area contributed by atoms with Crippen molar-refractivity contribution >= 4 is 22.6 Å². The van der Waals surface area contributed by atoms with Crippen molar-refractivity contribution < 1.29 is 26.3 Å². The van der Waals surface area contributed by atoms with Crippen LogP contribution < -0.4 is 0 Å². The maximum Gasteiger partial charge on any atom is 0.393 e. The van der Waals surface area contributed by atoms with Crippen molar-refractivity contribution in [3.8, 4) is 0 Å². The van der Waals surface area contributed by atoms with Crippen LogP contribution in [-0.4, -0.2) is 12.4 Å². The predicted octanol–water partition coefficient (Wildman–Crippen LogP) is 4.50. The molecule has 0 saturated heterocycles. The molecule has 1 aromatic carbocycles. The van der Waals surface area contributed by atoms with Gasteiger partial charge in [0.1, 0.15) is 0 Å². The van der Waals surface area contributed by atoms with Crippen LogP contribution in [0.4, 0.5) is 26.3 Å². The van der Waals surface area contributed by atoms with E-state index in [2.05, 4.69) is 0 Å². The van der Waals surface area contributed by atoms with E-state index in [9.17, 15) is 26.3 Å². The highest BCUT2D eigenvalue weighted by Crippen LogP contribution is 2.26. The topological polar surface area (TPSA) is 0 Å². The van der Waals surface area contributed by atoms with Crippen LogP contribution in [0.3, 0.4) is 0 Å². The smallest absolute Gasteiger partial charge is 0.171 e. The normalized spacial score (nSPS) is 12.9. The zero-order chi connectivity index (χ0) is 13.3. The molecule has 0 N–H and O–H groups in total. The molecular formula is C10H7F6I. The maximum absolute atomic E-state index is 12.1. The predicted molar refractivity (Wildman–Crippen MR) is 58.7 cm³/mol. The Morgan fingerprint density at radius 3 is 1.41 bits per heavy atom. The summed E-state index contributed by atoms with van der Waals surface area (Å²) in [5.41, 5.74) is -0.299. The van der Waals surface area contributed by atoms with Crippen molar-refractivity contribution in [1.29, 1.82) is 0 Å². The zero-order valence-electron chi connectivity index (χ0n) is 8.29. The summed E-state index contributed by atoms with van der Waals surface area (Å²) in [5, 5.41) is 0. The fourth-order valence-electron chi connectivity index (χ4n) is 1.38. The Bertz CT molecular complexity index is 359. The molecule has 0 bridgehead atoms. The standard InChI is InChI=1S/C10H7F6I/c11-9(12,13)4-6-1-7(3-8(17)2-6)5-10(14,15)16/h1-3H,4-5H2. The molecule has 0 atom stereocenters. The Morgan fingerprint density at radius 2 is 1.12 bits per heavy atom. The number of benzene rings is 1. The fraction of sp³-hybridized carbons (Fsp3) is 0.400. The van der Waals surface area contributed by atoms with E-state index in [1.54, 1.807) is 22.6 Å². The van der Waals surface area contributed by atoms with Gasteiger partial charge in [0.15, 0.2) is 0 Å². The minimum Gasteiger partial charge on any atom is -0.171 e. The fourth-order valence-corrected chi connectivity index (χ4v) is 2.18. The summed E-state index contributed by atoms with van der Waals surface area (Å²) in [4.78, 5) is 0. The molecule has 0 aliphatic heterocycles. The van der Waals surface area contributed by atoms with Gasteiger partial charge in [-0.25, -0.2) is 0 Å². The van der Waals surface area contributed by atoms with Gasteiger partial charge in [-0.05, 0) is 45.9 Å². The van der Waals surface area contributed by atoms with Gasteiger partial charge in [-0.3, -0.25) is 0 Å². The monoisotopic (exact) mass is 368 g/mol. The van der Waals surface area contributed by atoms with E-state index in [1.807, 2.05) is 0 Å². The molecule has 0 aliphatic carbocycles. The Balaban J connectivity index is 2.95. The van der Waals surface area contributed by atoms with Gasteiger partial charge >= 0.3 is 12.4 Å². The van der Waals surface area contributed by atoms with Crippen molar-refractivity contribution in [2.45, 2.75) is 25.2 Å². The first-order valence-corrected chi connectivity index (χ1v) is 5.55. The Hall–Kier alpha value is -0.470. The number of rotatable bonds is 2. The molecule has 0 saturated carbocycles. The summed E-state index contributed by atoms with van der Waals surface area (Å²) >= 11 is 1.70. The molecule has 0 fully saturated rings. The molecule has 17 heavy (non-hydrogen) atoms. The molecular weight excluding hydrogens is 361 g/mol. The summed E-state index contributed by atoms with van der Waals surface area (Å²) in [6, 6.07) is 3.41. The minimum absolute atomic E-state index is 0.149. The minimum atomic E-state index is -4.42. The van der Waals surface area contributed by atoms with E-state index in [0.29, 0.717) is 3.57 Å². The number of halogens is 7. The first-order valence-electron chi connectivity index (χ1n) is 4.47. The summed E-state index contributed by atoms with van der Waals surface area (Å²) in [6.07, 6.45) is -11.3. The van der Waals surface area contributed by atoms with E-state index in [1.165, 1.54) is 12.1 Å².